The lowest BCUT2D eigenvalue weighted by atomic mass is 9.96. The lowest BCUT2D eigenvalue weighted by Crippen LogP contribution is -2.39. The molecule has 0 fully saturated rings. The zero-order chi connectivity index (χ0) is 15.6. The van der Waals surface area contributed by atoms with Gasteiger partial charge < -0.3 is 9.53 Å². The Balaban J connectivity index is 2.83. The van der Waals surface area contributed by atoms with Crippen LogP contribution in [0, 0.1) is 6.92 Å². The molecule has 2 nitrogen and oxygen atoms in total. The monoisotopic (exact) mass is 358 g/mol. The molecule has 1 atom stereocenters. The van der Waals surface area contributed by atoms with Gasteiger partial charge in [-0.05, 0) is 61.2 Å². The lowest BCUT2D eigenvalue weighted by molar-refractivity contribution is 0.0898. The van der Waals surface area contributed by atoms with Crippen molar-refractivity contribution >= 4 is 24.2 Å². The number of aryl methyl sites for hydroxylation is 1. The molecule has 4 heteroatoms. The number of benzene rings is 1. The highest BCUT2D eigenvalue weighted by atomic mass is 79.9. The molecule has 0 bridgehead atoms. The number of ether oxygens (including phenoxy) is 1. The van der Waals surface area contributed by atoms with Crippen LogP contribution in [-0.4, -0.2) is 20.2 Å². The average Bonchev–Trinajstić information content (AvgIpc) is 2.30. The average molecular weight is 359 g/mol. The van der Waals surface area contributed by atoms with Crippen LogP contribution in [-0.2, 0) is 4.74 Å². The molecule has 0 aliphatic rings. The molecule has 0 saturated heterocycles. The Morgan fingerprint density at radius 2 is 1.95 bits per heavy atom. The van der Waals surface area contributed by atoms with Gasteiger partial charge in [-0.15, -0.1) is 0 Å². The van der Waals surface area contributed by atoms with E-state index < -0.39 is 8.32 Å². The molecule has 0 aromatic heterocycles. The standard InChI is InChI=1S/C16H27BrO2Si/c1-12-11-13(17)7-8-14(12)15(19-4)9-10-16(2,3)20(5,6)18/h7-8,11,15,18H,9-10H2,1-6H3/t15-/m0/s1. The van der Waals surface area contributed by atoms with Crippen molar-refractivity contribution in [2.45, 2.75) is 57.8 Å². The molecule has 20 heavy (non-hydrogen) atoms. The molecule has 1 aromatic rings. The van der Waals surface area contributed by atoms with Crippen molar-refractivity contribution < 1.29 is 9.53 Å². The van der Waals surface area contributed by atoms with E-state index in [4.69, 9.17) is 4.74 Å². The van der Waals surface area contributed by atoms with Crippen LogP contribution < -0.4 is 0 Å². The summed E-state index contributed by atoms with van der Waals surface area (Å²) in [4.78, 5) is 10.4. The van der Waals surface area contributed by atoms with E-state index in [-0.39, 0.29) is 11.1 Å². The minimum atomic E-state index is -2.15. The summed E-state index contributed by atoms with van der Waals surface area (Å²) in [5.74, 6) is 0. The van der Waals surface area contributed by atoms with Crippen LogP contribution in [0.15, 0.2) is 22.7 Å². The number of halogens is 1. The van der Waals surface area contributed by atoms with Crippen LogP contribution in [0.25, 0.3) is 0 Å². The fourth-order valence-corrected chi connectivity index (χ4v) is 3.43. The van der Waals surface area contributed by atoms with Crippen molar-refractivity contribution in [3.8, 4) is 0 Å². The van der Waals surface area contributed by atoms with E-state index in [9.17, 15) is 4.80 Å². The highest BCUT2D eigenvalue weighted by Crippen LogP contribution is 2.42. The van der Waals surface area contributed by atoms with E-state index in [2.05, 4.69) is 54.9 Å². The minimum absolute atomic E-state index is 0.00690. The van der Waals surface area contributed by atoms with Gasteiger partial charge in [-0.25, -0.2) is 0 Å². The van der Waals surface area contributed by atoms with Gasteiger partial charge in [0, 0.05) is 11.6 Å². The molecule has 0 unspecified atom stereocenters. The molecule has 1 N–H and O–H groups in total. The van der Waals surface area contributed by atoms with E-state index in [1.807, 2.05) is 13.1 Å². The molecule has 1 rings (SSSR count). The van der Waals surface area contributed by atoms with Gasteiger partial charge in [-0.2, -0.15) is 0 Å². The lowest BCUT2D eigenvalue weighted by Gasteiger charge is -2.36. The quantitative estimate of drug-likeness (QED) is 0.707. The third-order valence-electron chi connectivity index (χ3n) is 4.55. The van der Waals surface area contributed by atoms with E-state index >= 15 is 0 Å². The fraction of sp³-hybridized carbons (Fsp3) is 0.625. The van der Waals surface area contributed by atoms with Crippen molar-refractivity contribution in [3.05, 3.63) is 33.8 Å². The summed E-state index contributed by atoms with van der Waals surface area (Å²) in [7, 11) is -0.386. The van der Waals surface area contributed by atoms with Crippen LogP contribution in [0.4, 0.5) is 0 Å². The first kappa shape index (κ1) is 17.9. The Morgan fingerprint density at radius 3 is 2.40 bits per heavy atom. The van der Waals surface area contributed by atoms with Crippen molar-refractivity contribution in [1.29, 1.82) is 0 Å². The van der Waals surface area contributed by atoms with Gasteiger partial charge in [0.25, 0.3) is 0 Å². The molecule has 1 aromatic carbocycles. The van der Waals surface area contributed by atoms with Gasteiger partial charge in [-0.3, -0.25) is 0 Å². The largest absolute Gasteiger partial charge is 0.432 e. The predicted octanol–water partition coefficient (Wildman–Crippen LogP) is 5.20. The predicted molar refractivity (Wildman–Crippen MR) is 91.6 cm³/mol. The third-order valence-corrected chi connectivity index (χ3v) is 8.61. The summed E-state index contributed by atoms with van der Waals surface area (Å²) in [5, 5.41) is -0.00690. The van der Waals surface area contributed by atoms with Crippen molar-refractivity contribution in [3.63, 3.8) is 0 Å². The van der Waals surface area contributed by atoms with Gasteiger partial charge >= 0.3 is 0 Å². The Labute approximate surface area is 132 Å². The summed E-state index contributed by atoms with van der Waals surface area (Å²) in [6.45, 7) is 10.5. The SMILES string of the molecule is CO[C@@H](CCC(C)(C)[Si](C)(C)O)c1ccc(Br)cc1C. The Bertz CT molecular complexity index is 452. The molecular weight excluding hydrogens is 332 g/mol. The molecule has 0 spiro atoms. The fourth-order valence-electron chi connectivity index (χ4n) is 2.20. The Kier molecular flexibility index (Phi) is 6.02. The summed E-state index contributed by atoms with van der Waals surface area (Å²) in [6.07, 6.45) is 2.00. The first-order valence-electron chi connectivity index (χ1n) is 7.10. The second-order valence-electron chi connectivity index (χ2n) is 6.71. The Morgan fingerprint density at radius 1 is 1.35 bits per heavy atom. The summed E-state index contributed by atoms with van der Waals surface area (Å²) in [5.41, 5.74) is 2.48. The van der Waals surface area contributed by atoms with Gasteiger partial charge in [0.2, 0.25) is 0 Å². The smallest absolute Gasteiger partial charge is 0.188 e. The molecule has 0 amide bonds. The molecule has 0 radical (unpaired) electrons. The molecule has 0 aliphatic heterocycles. The maximum absolute atomic E-state index is 10.4. The maximum atomic E-state index is 10.4. The second-order valence-corrected chi connectivity index (χ2v) is 12.1. The molecular formula is C16H27BrO2Si. The number of hydrogen-bond acceptors (Lipinski definition) is 2. The second kappa shape index (κ2) is 6.73. The number of methoxy groups -OCH3 is 1. The third kappa shape index (κ3) is 4.42. The van der Waals surface area contributed by atoms with Gasteiger partial charge in [0.1, 0.15) is 0 Å². The van der Waals surface area contributed by atoms with Crippen molar-refractivity contribution in [2.75, 3.05) is 7.11 Å². The van der Waals surface area contributed by atoms with E-state index in [1.54, 1.807) is 7.11 Å². The van der Waals surface area contributed by atoms with E-state index in [1.165, 1.54) is 11.1 Å². The Hall–Kier alpha value is -0.163. The molecule has 0 saturated carbocycles. The zero-order valence-electron chi connectivity index (χ0n) is 13.5. The first-order chi connectivity index (χ1) is 9.08. The highest BCUT2D eigenvalue weighted by molar-refractivity contribution is 9.10. The van der Waals surface area contributed by atoms with Crippen molar-refractivity contribution in [1.82, 2.24) is 0 Å². The molecule has 0 aliphatic carbocycles. The molecule has 0 heterocycles. The van der Waals surface area contributed by atoms with E-state index in [0.717, 1.165) is 17.3 Å². The summed E-state index contributed by atoms with van der Waals surface area (Å²) in [6, 6.07) is 6.31. The van der Waals surface area contributed by atoms with E-state index in [0.29, 0.717) is 0 Å². The number of rotatable bonds is 6. The van der Waals surface area contributed by atoms with Gasteiger partial charge in [0.15, 0.2) is 8.32 Å². The van der Waals surface area contributed by atoms with Crippen LogP contribution in [0.3, 0.4) is 0 Å². The van der Waals surface area contributed by atoms with Crippen molar-refractivity contribution in [2.24, 2.45) is 0 Å². The first-order valence-corrected chi connectivity index (χ1v) is 10.8. The summed E-state index contributed by atoms with van der Waals surface area (Å²) >= 11 is 3.50. The van der Waals surface area contributed by atoms with Crippen LogP contribution in [0.2, 0.25) is 18.1 Å². The van der Waals surface area contributed by atoms with Gasteiger partial charge in [-0.1, -0.05) is 35.8 Å². The van der Waals surface area contributed by atoms with Crippen LogP contribution in [0.5, 0.6) is 0 Å². The number of hydrogen-bond donors (Lipinski definition) is 1. The van der Waals surface area contributed by atoms with Crippen LogP contribution in [0.1, 0.15) is 43.9 Å². The topological polar surface area (TPSA) is 29.5 Å². The van der Waals surface area contributed by atoms with Crippen LogP contribution >= 0.6 is 15.9 Å². The summed E-state index contributed by atoms with van der Waals surface area (Å²) < 4.78 is 6.78. The highest BCUT2D eigenvalue weighted by Gasteiger charge is 2.38. The minimum Gasteiger partial charge on any atom is -0.432 e. The normalized spacial score (nSPS) is 14.4. The molecule has 114 valence electrons. The zero-order valence-corrected chi connectivity index (χ0v) is 16.0. The maximum Gasteiger partial charge on any atom is 0.188 e. The van der Waals surface area contributed by atoms with Gasteiger partial charge in [0.05, 0.1) is 6.10 Å².